The molecule has 2 heterocycles. The number of nitrogens with one attached hydrogen (secondary N) is 1. The maximum Gasteiger partial charge on any atom is 0.255 e. The number of carbonyl (C=O) groups excluding carboxylic acids is 2. The number of likely N-dealkylation sites (tertiary alicyclic amines) is 1. The Morgan fingerprint density at radius 3 is 2.86 bits per heavy atom. The summed E-state index contributed by atoms with van der Waals surface area (Å²) in [6, 6.07) is 3.86. The average Bonchev–Trinajstić information content (AvgIpc) is 3.15. The van der Waals surface area contributed by atoms with Gasteiger partial charge in [-0.25, -0.2) is 9.37 Å². The van der Waals surface area contributed by atoms with Crippen LogP contribution >= 0.6 is 22.9 Å². The summed E-state index contributed by atoms with van der Waals surface area (Å²) in [6.07, 6.45) is 4.90. The fourth-order valence-corrected chi connectivity index (χ4v) is 4.92. The highest BCUT2D eigenvalue weighted by atomic mass is 35.5. The van der Waals surface area contributed by atoms with Crippen LogP contribution in [0.25, 0.3) is 0 Å². The predicted molar refractivity (Wildman–Crippen MR) is 111 cm³/mol. The van der Waals surface area contributed by atoms with E-state index in [1.54, 1.807) is 16.2 Å². The summed E-state index contributed by atoms with van der Waals surface area (Å²) < 4.78 is 13.6. The Bertz CT molecular complexity index is 915. The van der Waals surface area contributed by atoms with Crippen molar-refractivity contribution in [3.63, 3.8) is 0 Å². The number of hydrogen-bond donors (Lipinski definition) is 1. The molecule has 1 aliphatic carbocycles. The Balaban J connectivity index is 1.38. The van der Waals surface area contributed by atoms with Crippen molar-refractivity contribution in [2.24, 2.45) is 5.92 Å². The zero-order valence-corrected chi connectivity index (χ0v) is 17.6. The highest BCUT2D eigenvalue weighted by Crippen LogP contribution is 2.31. The maximum absolute atomic E-state index is 13.6. The van der Waals surface area contributed by atoms with Crippen molar-refractivity contribution < 1.29 is 14.0 Å². The summed E-state index contributed by atoms with van der Waals surface area (Å²) in [4.78, 5) is 31.3. The first-order chi connectivity index (χ1) is 14.0. The summed E-state index contributed by atoms with van der Waals surface area (Å²) >= 11 is 7.67. The number of amides is 2. The number of piperidine rings is 1. The van der Waals surface area contributed by atoms with E-state index >= 15 is 0 Å². The predicted octanol–water partition coefficient (Wildman–Crippen LogP) is 4.37. The third-order valence-corrected chi connectivity index (χ3v) is 7.09. The Kier molecular flexibility index (Phi) is 6.15. The van der Waals surface area contributed by atoms with E-state index in [0.717, 1.165) is 42.8 Å². The van der Waals surface area contributed by atoms with Gasteiger partial charge in [0.2, 0.25) is 5.91 Å². The molecule has 1 atom stereocenters. The van der Waals surface area contributed by atoms with Crippen molar-refractivity contribution in [1.29, 1.82) is 0 Å². The molecule has 29 heavy (non-hydrogen) atoms. The minimum absolute atomic E-state index is 0.118. The Hall–Kier alpha value is -1.99. The highest BCUT2D eigenvalue weighted by molar-refractivity contribution is 7.09. The van der Waals surface area contributed by atoms with Gasteiger partial charge in [-0.3, -0.25) is 9.59 Å². The van der Waals surface area contributed by atoms with Gasteiger partial charge in [-0.1, -0.05) is 18.0 Å². The Morgan fingerprint density at radius 1 is 1.28 bits per heavy atom. The molecular formula is C21H23ClFN3O2S. The van der Waals surface area contributed by atoms with E-state index in [1.165, 1.54) is 18.2 Å². The molecule has 0 bridgehead atoms. The fraction of sp³-hybridized carbons (Fsp3) is 0.476. The molecule has 2 fully saturated rings. The van der Waals surface area contributed by atoms with Gasteiger partial charge >= 0.3 is 0 Å². The Labute approximate surface area is 178 Å². The standard InChI is InChI=1S/C21H23ClFN3O2S/c22-18-7-6-15(23)9-17(18)21(28)26-8-2-5-14(11-26)20-25-16(12-29-20)10-24-19(27)13-3-1-4-13/h6-7,9,12-14H,1-5,8,10-11H2,(H,24,27)/t14-/m0/s1. The van der Waals surface area contributed by atoms with Crippen LogP contribution in [0.5, 0.6) is 0 Å². The number of halogens is 2. The maximum atomic E-state index is 13.6. The molecule has 1 aromatic heterocycles. The van der Waals surface area contributed by atoms with Gasteiger partial charge in [-0.05, 0) is 43.9 Å². The molecule has 154 valence electrons. The van der Waals surface area contributed by atoms with Crippen LogP contribution in [0.1, 0.15) is 59.1 Å². The largest absolute Gasteiger partial charge is 0.350 e. The number of thiazole rings is 1. The lowest BCUT2D eigenvalue weighted by atomic mass is 9.85. The van der Waals surface area contributed by atoms with E-state index < -0.39 is 5.82 Å². The molecule has 0 spiro atoms. The van der Waals surface area contributed by atoms with Crippen molar-refractivity contribution in [2.75, 3.05) is 13.1 Å². The molecule has 0 radical (unpaired) electrons. The molecule has 1 aromatic carbocycles. The minimum atomic E-state index is -0.472. The van der Waals surface area contributed by atoms with Crippen molar-refractivity contribution in [3.8, 4) is 0 Å². The molecular weight excluding hydrogens is 413 g/mol. The van der Waals surface area contributed by atoms with Crippen LogP contribution in [0.4, 0.5) is 4.39 Å². The third kappa shape index (κ3) is 4.61. The molecule has 5 nitrogen and oxygen atoms in total. The monoisotopic (exact) mass is 435 g/mol. The van der Waals surface area contributed by atoms with Gasteiger partial charge in [0.05, 0.1) is 27.8 Å². The molecule has 8 heteroatoms. The quantitative estimate of drug-likeness (QED) is 0.758. The second-order valence-corrected chi connectivity index (χ2v) is 9.03. The second kappa shape index (κ2) is 8.79. The van der Waals surface area contributed by atoms with E-state index in [0.29, 0.717) is 19.6 Å². The highest BCUT2D eigenvalue weighted by Gasteiger charge is 2.29. The third-order valence-electron chi connectivity index (χ3n) is 5.71. The zero-order chi connectivity index (χ0) is 20.4. The van der Waals surface area contributed by atoms with E-state index in [1.807, 2.05) is 5.38 Å². The molecule has 1 saturated carbocycles. The van der Waals surface area contributed by atoms with Crippen LogP contribution in [0.3, 0.4) is 0 Å². The van der Waals surface area contributed by atoms with Gasteiger partial charge in [-0.2, -0.15) is 0 Å². The number of rotatable bonds is 5. The summed E-state index contributed by atoms with van der Waals surface area (Å²) in [5.41, 5.74) is 1.06. The van der Waals surface area contributed by atoms with E-state index in [-0.39, 0.29) is 34.2 Å². The first kappa shape index (κ1) is 20.3. The topological polar surface area (TPSA) is 62.3 Å². The summed E-state index contributed by atoms with van der Waals surface area (Å²) in [6.45, 7) is 1.60. The van der Waals surface area contributed by atoms with Crippen LogP contribution in [-0.4, -0.2) is 34.8 Å². The number of benzene rings is 1. The van der Waals surface area contributed by atoms with Crippen LogP contribution < -0.4 is 5.32 Å². The number of nitrogens with zero attached hydrogens (tertiary/aromatic N) is 2. The number of hydrogen-bond acceptors (Lipinski definition) is 4. The van der Waals surface area contributed by atoms with Crippen molar-refractivity contribution in [3.05, 3.63) is 50.7 Å². The first-order valence-corrected chi connectivity index (χ1v) is 11.2. The number of carbonyl (C=O) groups is 2. The minimum Gasteiger partial charge on any atom is -0.350 e. The van der Waals surface area contributed by atoms with Crippen LogP contribution in [0, 0.1) is 11.7 Å². The van der Waals surface area contributed by atoms with E-state index in [4.69, 9.17) is 11.6 Å². The average molecular weight is 436 g/mol. The second-order valence-electron chi connectivity index (χ2n) is 7.74. The van der Waals surface area contributed by atoms with Gasteiger partial charge in [0.15, 0.2) is 0 Å². The van der Waals surface area contributed by atoms with Crippen molar-refractivity contribution >= 4 is 34.8 Å². The van der Waals surface area contributed by atoms with E-state index in [2.05, 4.69) is 10.3 Å². The van der Waals surface area contributed by atoms with Crippen LogP contribution in [0.2, 0.25) is 5.02 Å². The molecule has 4 rings (SSSR count). The molecule has 2 aliphatic rings. The molecule has 1 N–H and O–H groups in total. The van der Waals surface area contributed by atoms with Gasteiger partial charge in [-0.15, -0.1) is 11.3 Å². The SMILES string of the molecule is O=C(NCc1csc([C@H]2CCCN(C(=O)c3cc(F)ccc3Cl)C2)n1)C1CCC1. The lowest BCUT2D eigenvalue weighted by Gasteiger charge is -2.32. The lowest BCUT2D eigenvalue weighted by molar-refractivity contribution is -0.127. The van der Waals surface area contributed by atoms with Crippen LogP contribution in [0.15, 0.2) is 23.6 Å². The molecule has 1 saturated heterocycles. The van der Waals surface area contributed by atoms with Crippen molar-refractivity contribution in [1.82, 2.24) is 15.2 Å². The van der Waals surface area contributed by atoms with Gasteiger partial charge in [0.1, 0.15) is 5.82 Å². The normalized spacial score (nSPS) is 19.7. The van der Waals surface area contributed by atoms with E-state index in [9.17, 15) is 14.0 Å². The summed E-state index contributed by atoms with van der Waals surface area (Å²) in [5, 5.41) is 6.17. The summed E-state index contributed by atoms with van der Waals surface area (Å²) in [5.74, 6) is -0.294. The first-order valence-electron chi connectivity index (χ1n) is 9.97. The molecule has 0 unspecified atom stereocenters. The lowest BCUT2D eigenvalue weighted by Crippen LogP contribution is -2.39. The zero-order valence-electron chi connectivity index (χ0n) is 16.0. The smallest absolute Gasteiger partial charge is 0.255 e. The molecule has 2 aromatic rings. The van der Waals surface area contributed by atoms with Gasteiger partial charge in [0.25, 0.3) is 5.91 Å². The van der Waals surface area contributed by atoms with Crippen LogP contribution in [-0.2, 0) is 11.3 Å². The number of aromatic nitrogens is 1. The Morgan fingerprint density at radius 2 is 2.10 bits per heavy atom. The molecule has 2 amide bonds. The van der Waals surface area contributed by atoms with Gasteiger partial charge in [0, 0.05) is 30.3 Å². The fourth-order valence-electron chi connectivity index (χ4n) is 3.78. The van der Waals surface area contributed by atoms with Gasteiger partial charge < -0.3 is 10.2 Å². The van der Waals surface area contributed by atoms with Crippen molar-refractivity contribution in [2.45, 2.75) is 44.6 Å². The molecule has 1 aliphatic heterocycles. The summed E-state index contributed by atoms with van der Waals surface area (Å²) in [7, 11) is 0.